The van der Waals surface area contributed by atoms with E-state index in [1.807, 2.05) is 6.07 Å². The first-order chi connectivity index (χ1) is 14.2. The number of aromatic hydroxyl groups is 1. The summed E-state index contributed by atoms with van der Waals surface area (Å²) in [5.41, 5.74) is 2.10. The number of ether oxygens (including phenoxy) is 1. The van der Waals surface area contributed by atoms with Crippen molar-refractivity contribution in [3.63, 3.8) is 0 Å². The number of likely N-dealkylation sites (tertiary alicyclic amines) is 1. The zero-order valence-electron chi connectivity index (χ0n) is 17.4. The molecule has 0 radical (unpaired) electrons. The third-order valence-electron chi connectivity index (χ3n) is 5.27. The summed E-state index contributed by atoms with van der Waals surface area (Å²) >= 11 is 0. The molecule has 1 atom stereocenters. The van der Waals surface area contributed by atoms with Crippen LogP contribution < -0.4 is 15.4 Å². The molecule has 0 aliphatic carbocycles. The van der Waals surface area contributed by atoms with Crippen LogP contribution in [0.4, 0.5) is 0 Å². The molecule has 2 aromatic carbocycles. The van der Waals surface area contributed by atoms with Crippen molar-refractivity contribution in [3.8, 4) is 11.5 Å². The van der Waals surface area contributed by atoms with Gasteiger partial charge in [0, 0.05) is 31.2 Å². The molecule has 3 rings (SSSR count). The second-order valence-corrected chi connectivity index (χ2v) is 7.32. The molecular weight excluding hydrogens is 364 g/mol. The van der Waals surface area contributed by atoms with E-state index in [1.165, 1.54) is 18.4 Å². The van der Waals surface area contributed by atoms with Crippen LogP contribution in [0.15, 0.2) is 53.5 Å². The van der Waals surface area contributed by atoms with Gasteiger partial charge in [0.25, 0.3) is 0 Å². The lowest BCUT2D eigenvalue weighted by atomic mass is 10.2. The number of nitrogens with zero attached hydrogens (tertiary/aromatic N) is 2. The molecule has 0 spiro atoms. The van der Waals surface area contributed by atoms with E-state index in [2.05, 4.69) is 57.8 Å². The number of guanidine groups is 1. The highest BCUT2D eigenvalue weighted by Crippen LogP contribution is 2.23. The Balaban J connectivity index is 1.59. The lowest BCUT2D eigenvalue weighted by molar-refractivity contribution is 0.245. The maximum absolute atomic E-state index is 10.1. The SMILES string of the molecule is CCNC(=NCc1cc(OC)ccc1O)NCC1CCCN1Cc1ccccc1. The first-order valence-electron chi connectivity index (χ1n) is 10.4. The van der Waals surface area contributed by atoms with E-state index in [0.29, 0.717) is 18.3 Å². The average molecular weight is 397 g/mol. The van der Waals surface area contributed by atoms with Crippen molar-refractivity contribution in [1.29, 1.82) is 0 Å². The largest absolute Gasteiger partial charge is 0.508 e. The molecule has 0 saturated carbocycles. The summed E-state index contributed by atoms with van der Waals surface area (Å²) in [5.74, 6) is 1.71. The molecule has 1 unspecified atom stereocenters. The second kappa shape index (κ2) is 10.7. The predicted molar refractivity (Wildman–Crippen MR) is 117 cm³/mol. The number of phenols is 1. The van der Waals surface area contributed by atoms with Crippen molar-refractivity contribution in [1.82, 2.24) is 15.5 Å². The average Bonchev–Trinajstić information content (AvgIpc) is 3.18. The van der Waals surface area contributed by atoms with Gasteiger partial charge >= 0.3 is 0 Å². The van der Waals surface area contributed by atoms with Crippen LogP contribution in [0, 0.1) is 0 Å². The minimum Gasteiger partial charge on any atom is -0.508 e. The predicted octanol–water partition coefficient (Wildman–Crippen LogP) is 3.12. The molecule has 0 bridgehead atoms. The van der Waals surface area contributed by atoms with Gasteiger partial charge in [0.2, 0.25) is 0 Å². The van der Waals surface area contributed by atoms with Crippen LogP contribution >= 0.6 is 0 Å². The Kier molecular flexibility index (Phi) is 7.76. The Bertz CT molecular complexity index is 795. The number of aliphatic imine (C=N–C) groups is 1. The van der Waals surface area contributed by atoms with Gasteiger partial charge in [-0.2, -0.15) is 0 Å². The molecule has 1 aliphatic heterocycles. The Hall–Kier alpha value is -2.73. The molecule has 1 fully saturated rings. The van der Waals surface area contributed by atoms with E-state index in [4.69, 9.17) is 4.74 Å². The van der Waals surface area contributed by atoms with Gasteiger partial charge < -0.3 is 20.5 Å². The number of hydrogen-bond acceptors (Lipinski definition) is 4. The fourth-order valence-corrected chi connectivity index (χ4v) is 3.69. The molecule has 1 saturated heterocycles. The minimum atomic E-state index is 0.232. The zero-order chi connectivity index (χ0) is 20.5. The highest BCUT2D eigenvalue weighted by Gasteiger charge is 2.24. The van der Waals surface area contributed by atoms with E-state index >= 15 is 0 Å². The van der Waals surface area contributed by atoms with E-state index in [9.17, 15) is 5.11 Å². The Morgan fingerprint density at radius 2 is 2.03 bits per heavy atom. The number of methoxy groups -OCH3 is 1. The lowest BCUT2D eigenvalue weighted by Crippen LogP contribution is -2.44. The Morgan fingerprint density at radius 1 is 1.21 bits per heavy atom. The van der Waals surface area contributed by atoms with Gasteiger partial charge in [0.1, 0.15) is 11.5 Å². The molecule has 6 nitrogen and oxygen atoms in total. The van der Waals surface area contributed by atoms with Crippen LogP contribution in [-0.2, 0) is 13.1 Å². The highest BCUT2D eigenvalue weighted by molar-refractivity contribution is 5.79. The molecule has 2 aromatic rings. The summed E-state index contributed by atoms with van der Waals surface area (Å²) in [7, 11) is 1.62. The summed E-state index contributed by atoms with van der Waals surface area (Å²) in [5, 5.41) is 16.9. The van der Waals surface area contributed by atoms with Gasteiger partial charge in [-0.05, 0) is 50.1 Å². The first kappa shape index (κ1) is 21.0. The molecule has 156 valence electrons. The van der Waals surface area contributed by atoms with Crippen LogP contribution in [0.3, 0.4) is 0 Å². The smallest absolute Gasteiger partial charge is 0.191 e. The monoisotopic (exact) mass is 396 g/mol. The van der Waals surface area contributed by atoms with Crippen molar-refractivity contribution < 1.29 is 9.84 Å². The number of phenolic OH excluding ortho intramolecular Hbond substituents is 1. The number of benzene rings is 2. The van der Waals surface area contributed by atoms with Gasteiger partial charge in [0.05, 0.1) is 13.7 Å². The summed E-state index contributed by atoms with van der Waals surface area (Å²) in [4.78, 5) is 7.19. The van der Waals surface area contributed by atoms with E-state index in [0.717, 1.165) is 37.7 Å². The van der Waals surface area contributed by atoms with Gasteiger partial charge in [-0.15, -0.1) is 0 Å². The topological polar surface area (TPSA) is 69.1 Å². The summed E-state index contributed by atoms with van der Waals surface area (Å²) in [6.45, 7) is 6.19. The van der Waals surface area contributed by atoms with E-state index in [-0.39, 0.29) is 5.75 Å². The molecule has 6 heteroatoms. The maximum atomic E-state index is 10.1. The second-order valence-electron chi connectivity index (χ2n) is 7.32. The Morgan fingerprint density at radius 3 is 2.79 bits per heavy atom. The van der Waals surface area contributed by atoms with Gasteiger partial charge in [-0.3, -0.25) is 4.90 Å². The lowest BCUT2D eigenvalue weighted by Gasteiger charge is -2.25. The zero-order valence-corrected chi connectivity index (χ0v) is 17.4. The molecule has 29 heavy (non-hydrogen) atoms. The van der Waals surface area contributed by atoms with Gasteiger partial charge in [0.15, 0.2) is 5.96 Å². The van der Waals surface area contributed by atoms with Crippen LogP contribution in [0.1, 0.15) is 30.9 Å². The molecule has 0 aromatic heterocycles. The maximum Gasteiger partial charge on any atom is 0.191 e. The summed E-state index contributed by atoms with van der Waals surface area (Å²) in [6.07, 6.45) is 2.42. The fourth-order valence-electron chi connectivity index (χ4n) is 3.69. The van der Waals surface area contributed by atoms with Crippen LogP contribution in [0.5, 0.6) is 11.5 Å². The summed E-state index contributed by atoms with van der Waals surface area (Å²) in [6, 6.07) is 16.3. The van der Waals surface area contributed by atoms with E-state index in [1.54, 1.807) is 19.2 Å². The standard InChI is InChI=1S/C23H32N4O2/c1-3-24-23(25-15-19-14-21(29-2)11-12-22(19)28)26-16-20-10-7-13-27(20)17-18-8-5-4-6-9-18/h4-6,8-9,11-12,14,20,28H,3,7,10,13,15-17H2,1-2H3,(H2,24,25,26). The molecule has 1 aliphatic rings. The van der Waals surface area contributed by atoms with Crippen LogP contribution in [-0.4, -0.2) is 48.8 Å². The van der Waals surface area contributed by atoms with Gasteiger partial charge in [-0.25, -0.2) is 4.99 Å². The van der Waals surface area contributed by atoms with E-state index < -0.39 is 0 Å². The molecule has 0 amide bonds. The molecule has 3 N–H and O–H groups in total. The van der Waals surface area contributed by atoms with Crippen molar-refractivity contribution in [2.24, 2.45) is 4.99 Å². The van der Waals surface area contributed by atoms with Crippen molar-refractivity contribution in [3.05, 3.63) is 59.7 Å². The minimum absolute atomic E-state index is 0.232. The number of nitrogens with one attached hydrogen (secondary N) is 2. The fraction of sp³-hybridized carbons (Fsp3) is 0.435. The third kappa shape index (κ3) is 6.12. The summed E-state index contributed by atoms with van der Waals surface area (Å²) < 4.78 is 5.24. The number of hydrogen-bond donors (Lipinski definition) is 3. The van der Waals surface area contributed by atoms with Crippen LogP contribution in [0.2, 0.25) is 0 Å². The van der Waals surface area contributed by atoms with Crippen molar-refractivity contribution in [2.45, 2.75) is 38.9 Å². The molecular formula is C23H32N4O2. The highest BCUT2D eigenvalue weighted by atomic mass is 16.5. The Labute approximate surface area is 173 Å². The van der Waals surface area contributed by atoms with Crippen molar-refractivity contribution in [2.75, 3.05) is 26.7 Å². The molecule has 1 heterocycles. The van der Waals surface area contributed by atoms with Crippen molar-refractivity contribution >= 4 is 5.96 Å². The first-order valence-corrected chi connectivity index (χ1v) is 10.4. The number of rotatable bonds is 8. The quantitative estimate of drug-likeness (QED) is 0.472. The van der Waals surface area contributed by atoms with Crippen LogP contribution in [0.25, 0.3) is 0 Å². The normalized spacial score (nSPS) is 17.3. The van der Waals surface area contributed by atoms with Gasteiger partial charge in [-0.1, -0.05) is 30.3 Å². The third-order valence-corrected chi connectivity index (χ3v) is 5.27.